The van der Waals surface area contributed by atoms with Crippen LogP contribution >= 0.6 is 0 Å². The SMILES string of the molecule is CN(C)/C=C/C(=O)c1cn(C)cn1. The maximum atomic E-state index is 11.4. The van der Waals surface area contributed by atoms with Gasteiger partial charge in [-0.05, 0) is 0 Å². The number of nitrogens with zero attached hydrogens (tertiary/aromatic N) is 3. The van der Waals surface area contributed by atoms with E-state index in [4.69, 9.17) is 0 Å². The van der Waals surface area contributed by atoms with Gasteiger partial charge in [-0.3, -0.25) is 4.79 Å². The standard InChI is InChI=1S/C9H13N3O/c1-11(2)5-4-9(13)8-6-12(3)7-10-8/h4-7H,1-3H3/b5-4+. The summed E-state index contributed by atoms with van der Waals surface area (Å²) in [6, 6.07) is 0. The molecular formula is C9H13N3O. The van der Waals surface area contributed by atoms with E-state index in [1.807, 2.05) is 21.1 Å². The van der Waals surface area contributed by atoms with E-state index in [-0.39, 0.29) is 5.78 Å². The molecular weight excluding hydrogens is 166 g/mol. The highest BCUT2D eigenvalue weighted by Gasteiger charge is 2.03. The van der Waals surface area contributed by atoms with Crippen molar-refractivity contribution >= 4 is 5.78 Å². The Hall–Kier alpha value is -1.58. The third-order valence-electron chi connectivity index (χ3n) is 1.48. The zero-order valence-corrected chi connectivity index (χ0v) is 8.06. The number of allylic oxidation sites excluding steroid dienone is 1. The minimum Gasteiger partial charge on any atom is -0.383 e. The van der Waals surface area contributed by atoms with Gasteiger partial charge in [0.15, 0.2) is 0 Å². The summed E-state index contributed by atoms with van der Waals surface area (Å²) in [5.74, 6) is -0.0747. The monoisotopic (exact) mass is 179 g/mol. The molecule has 4 heteroatoms. The van der Waals surface area contributed by atoms with Crippen molar-refractivity contribution in [3.63, 3.8) is 0 Å². The highest BCUT2D eigenvalue weighted by molar-refractivity contribution is 6.02. The van der Waals surface area contributed by atoms with Crippen LogP contribution in [-0.4, -0.2) is 34.3 Å². The molecule has 0 radical (unpaired) electrons. The van der Waals surface area contributed by atoms with Gasteiger partial charge in [0, 0.05) is 39.6 Å². The lowest BCUT2D eigenvalue weighted by molar-refractivity contribution is 0.104. The maximum Gasteiger partial charge on any atom is 0.207 e. The molecule has 0 saturated carbocycles. The number of carbonyl (C=O) groups excluding carboxylic acids is 1. The fraction of sp³-hybridized carbons (Fsp3) is 0.333. The number of imidazole rings is 1. The normalized spacial score (nSPS) is 10.7. The largest absolute Gasteiger partial charge is 0.383 e. The molecule has 0 unspecified atom stereocenters. The average molecular weight is 179 g/mol. The Morgan fingerprint density at radius 1 is 1.62 bits per heavy atom. The van der Waals surface area contributed by atoms with Gasteiger partial charge in [0.25, 0.3) is 0 Å². The second-order valence-electron chi connectivity index (χ2n) is 3.07. The predicted molar refractivity (Wildman–Crippen MR) is 50.4 cm³/mol. The van der Waals surface area contributed by atoms with Crippen LogP contribution in [0.3, 0.4) is 0 Å². The molecule has 1 rings (SSSR count). The van der Waals surface area contributed by atoms with E-state index in [0.717, 1.165) is 0 Å². The van der Waals surface area contributed by atoms with Gasteiger partial charge in [0.05, 0.1) is 6.33 Å². The second-order valence-corrected chi connectivity index (χ2v) is 3.07. The molecule has 1 aromatic rings. The van der Waals surface area contributed by atoms with E-state index in [0.29, 0.717) is 5.69 Å². The zero-order chi connectivity index (χ0) is 9.84. The molecule has 4 nitrogen and oxygen atoms in total. The number of hydrogen-bond acceptors (Lipinski definition) is 3. The Bertz CT molecular complexity index is 325. The van der Waals surface area contributed by atoms with Crippen molar-refractivity contribution < 1.29 is 4.79 Å². The predicted octanol–water partition coefficient (Wildman–Crippen LogP) is 0.678. The first kappa shape index (κ1) is 9.51. The van der Waals surface area contributed by atoms with Crippen molar-refractivity contribution in [1.29, 1.82) is 0 Å². The summed E-state index contributed by atoms with van der Waals surface area (Å²) in [6.07, 6.45) is 6.51. The van der Waals surface area contributed by atoms with Crippen molar-refractivity contribution in [3.8, 4) is 0 Å². The maximum absolute atomic E-state index is 11.4. The minimum absolute atomic E-state index is 0.0747. The first-order chi connectivity index (χ1) is 6.09. The van der Waals surface area contributed by atoms with E-state index in [1.165, 1.54) is 6.08 Å². The molecule has 13 heavy (non-hydrogen) atoms. The highest BCUT2D eigenvalue weighted by atomic mass is 16.1. The number of rotatable bonds is 3. The molecule has 0 aliphatic heterocycles. The molecule has 0 atom stereocenters. The first-order valence-corrected chi connectivity index (χ1v) is 3.96. The van der Waals surface area contributed by atoms with E-state index in [2.05, 4.69) is 4.98 Å². The molecule has 0 aliphatic rings. The zero-order valence-electron chi connectivity index (χ0n) is 8.06. The van der Waals surface area contributed by atoms with Crippen LogP contribution in [0.2, 0.25) is 0 Å². The van der Waals surface area contributed by atoms with Crippen LogP contribution in [0.5, 0.6) is 0 Å². The Kier molecular flexibility index (Phi) is 2.84. The first-order valence-electron chi connectivity index (χ1n) is 3.96. The lowest BCUT2D eigenvalue weighted by Crippen LogP contribution is -2.03. The van der Waals surface area contributed by atoms with Gasteiger partial charge < -0.3 is 9.47 Å². The van der Waals surface area contributed by atoms with Crippen molar-refractivity contribution in [3.05, 3.63) is 30.5 Å². The van der Waals surface area contributed by atoms with Gasteiger partial charge in [-0.25, -0.2) is 4.98 Å². The molecule has 0 aromatic carbocycles. The van der Waals surface area contributed by atoms with Gasteiger partial charge in [-0.2, -0.15) is 0 Å². The van der Waals surface area contributed by atoms with E-state index in [1.54, 1.807) is 28.2 Å². The third kappa shape index (κ3) is 2.74. The second kappa shape index (κ2) is 3.89. The van der Waals surface area contributed by atoms with Gasteiger partial charge in [0.2, 0.25) is 5.78 Å². The van der Waals surface area contributed by atoms with E-state index >= 15 is 0 Å². The van der Waals surface area contributed by atoms with Crippen LogP contribution in [0.4, 0.5) is 0 Å². The van der Waals surface area contributed by atoms with Crippen LogP contribution in [0.25, 0.3) is 0 Å². The molecule has 0 N–H and O–H groups in total. The summed E-state index contributed by atoms with van der Waals surface area (Å²) in [4.78, 5) is 17.1. The van der Waals surface area contributed by atoms with Crippen LogP contribution in [0.15, 0.2) is 24.8 Å². The average Bonchev–Trinajstić information content (AvgIpc) is 2.47. The van der Waals surface area contributed by atoms with E-state index in [9.17, 15) is 4.79 Å². The third-order valence-corrected chi connectivity index (χ3v) is 1.48. The van der Waals surface area contributed by atoms with Gasteiger partial charge in [0.1, 0.15) is 5.69 Å². The quantitative estimate of drug-likeness (QED) is 0.506. The molecule has 1 heterocycles. The number of aryl methyl sites for hydroxylation is 1. The molecule has 1 aromatic heterocycles. The Balaban J connectivity index is 2.69. The molecule has 0 aliphatic carbocycles. The van der Waals surface area contributed by atoms with Gasteiger partial charge >= 0.3 is 0 Å². The summed E-state index contributed by atoms with van der Waals surface area (Å²) in [7, 11) is 5.56. The van der Waals surface area contributed by atoms with Crippen molar-refractivity contribution in [2.75, 3.05) is 14.1 Å². The van der Waals surface area contributed by atoms with Crippen molar-refractivity contribution in [2.45, 2.75) is 0 Å². The summed E-state index contributed by atoms with van der Waals surface area (Å²) in [6.45, 7) is 0. The summed E-state index contributed by atoms with van der Waals surface area (Å²) < 4.78 is 1.75. The summed E-state index contributed by atoms with van der Waals surface area (Å²) >= 11 is 0. The molecule has 70 valence electrons. The highest BCUT2D eigenvalue weighted by Crippen LogP contribution is 1.97. The number of carbonyl (C=O) groups is 1. The molecule has 0 amide bonds. The fourth-order valence-electron chi connectivity index (χ4n) is 0.842. The van der Waals surface area contributed by atoms with Gasteiger partial charge in [-0.15, -0.1) is 0 Å². The fourth-order valence-corrected chi connectivity index (χ4v) is 0.842. The number of aromatic nitrogens is 2. The van der Waals surface area contributed by atoms with Crippen LogP contribution < -0.4 is 0 Å². The van der Waals surface area contributed by atoms with E-state index < -0.39 is 0 Å². The van der Waals surface area contributed by atoms with Crippen molar-refractivity contribution in [1.82, 2.24) is 14.5 Å². The minimum atomic E-state index is -0.0747. The molecule has 0 spiro atoms. The summed E-state index contributed by atoms with van der Waals surface area (Å²) in [5.41, 5.74) is 0.473. The Morgan fingerprint density at radius 3 is 2.77 bits per heavy atom. The van der Waals surface area contributed by atoms with Crippen LogP contribution in [0, 0.1) is 0 Å². The van der Waals surface area contributed by atoms with Crippen LogP contribution in [-0.2, 0) is 7.05 Å². The number of ketones is 1. The lowest BCUT2D eigenvalue weighted by atomic mass is 10.3. The Labute approximate surface area is 77.5 Å². The number of hydrogen-bond donors (Lipinski definition) is 0. The lowest BCUT2D eigenvalue weighted by Gasteiger charge is -2.01. The topological polar surface area (TPSA) is 38.1 Å². The van der Waals surface area contributed by atoms with Crippen LogP contribution in [0.1, 0.15) is 10.5 Å². The summed E-state index contributed by atoms with van der Waals surface area (Å²) in [5, 5.41) is 0. The molecule has 0 saturated heterocycles. The molecule has 0 bridgehead atoms. The molecule has 0 fully saturated rings. The van der Waals surface area contributed by atoms with Crippen molar-refractivity contribution in [2.24, 2.45) is 7.05 Å². The van der Waals surface area contributed by atoms with Gasteiger partial charge in [-0.1, -0.05) is 0 Å². The Morgan fingerprint density at radius 2 is 2.31 bits per heavy atom. The smallest absolute Gasteiger partial charge is 0.207 e.